The predicted octanol–water partition coefficient (Wildman–Crippen LogP) is 5.54. The smallest absolute Gasteiger partial charge is 0.154 e. The van der Waals surface area contributed by atoms with Gasteiger partial charge >= 0.3 is 0 Å². The van der Waals surface area contributed by atoms with Crippen LogP contribution in [0.4, 0.5) is 5.69 Å². The van der Waals surface area contributed by atoms with Crippen molar-refractivity contribution in [3.8, 4) is 5.75 Å². The minimum absolute atomic E-state index is 0.769. The molecule has 2 aliphatic heterocycles. The molecule has 0 spiro atoms. The van der Waals surface area contributed by atoms with Gasteiger partial charge in [0.1, 0.15) is 11.6 Å². The van der Waals surface area contributed by atoms with Crippen LogP contribution in [0, 0.1) is 0 Å². The van der Waals surface area contributed by atoms with E-state index in [1.165, 1.54) is 23.1 Å². The van der Waals surface area contributed by atoms with Crippen LogP contribution in [0.15, 0.2) is 64.2 Å². The molecule has 0 saturated heterocycles. The molecular formula is C25H27N5O. The van der Waals surface area contributed by atoms with Gasteiger partial charge in [0.25, 0.3) is 0 Å². The summed E-state index contributed by atoms with van der Waals surface area (Å²) in [5.74, 6) is 2.79. The van der Waals surface area contributed by atoms with Gasteiger partial charge in [-0.3, -0.25) is 5.10 Å². The van der Waals surface area contributed by atoms with E-state index < -0.39 is 0 Å². The van der Waals surface area contributed by atoms with E-state index in [-0.39, 0.29) is 0 Å². The minimum atomic E-state index is 0.769. The summed E-state index contributed by atoms with van der Waals surface area (Å²) >= 11 is 0. The number of hydrogen-bond acceptors (Lipinski definition) is 4. The number of aromatic amines is 1. The average molecular weight is 414 g/mol. The predicted molar refractivity (Wildman–Crippen MR) is 125 cm³/mol. The summed E-state index contributed by atoms with van der Waals surface area (Å²) in [4.78, 5) is 12.4. The van der Waals surface area contributed by atoms with Gasteiger partial charge in [-0.1, -0.05) is 11.6 Å². The van der Waals surface area contributed by atoms with Gasteiger partial charge in [-0.15, -0.1) is 0 Å². The Balaban J connectivity index is 1.49. The number of nitrogens with zero attached hydrogens (tertiary/aromatic N) is 4. The zero-order valence-corrected chi connectivity index (χ0v) is 18.1. The van der Waals surface area contributed by atoms with Crippen molar-refractivity contribution in [3.63, 3.8) is 0 Å². The summed E-state index contributed by atoms with van der Waals surface area (Å²) in [5, 5.41) is 8.15. The van der Waals surface area contributed by atoms with Crippen molar-refractivity contribution in [1.82, 2.24) is 15.1 Å². The second-order valence-electron chi connectivity index (χ2n) is 8.33. The largest absolute Gasteiger partial charge is 0.497 e. The number of nitrogens with one attached hydrogen (secondary N) is 1. The molecule has 5 rings (SSSR count). The molecule has 0 atom stereocenters. The number of benzene rings is 2. The van der Waals surface area contributed by atoms with Crippen LogP contribution in [-0.4, -0.2) is 33.9 Å². The highest BCUT2D eigenvalue weighted by atomic mass is 16.5. The summed E-state index contributed by atoms with van der Waals surface area (Å²) in [6.07, 6.45) is 8.32. The molecule has 6 nitrogen and oxygen atoms in total. The fourth-order valence-corrected chi connectivity index (χ4v) is 4.30. The van der Waals surface area contributed by atoms with Crippen LogP contribution in [0.25, 0.3) is 10.9 Å². The highest BCUT2D eigenvalue weighted by molar-refractivity contribution is 6.04. The van der Waals surface area contributed by atoms with Crippen molar-refractivity contribution in [2.45, 2.75) is 45.7 Å². The molecule has 3 aromatic rings. The summed E-state index contributed by atoms with van der Waals surface area (Å²) in [5.41, 5.74) is 5.89. The Hall–Kier alpha value is -3.41. The Labute approximate surface area is 182 Å². The van der Waals surface area contributed by atoms with E-state index in [1.54, 1.807) is 7.11 Å². The number of rotatable bonds is 2. The molecule has 158 valence electrons. The summed E-state index contributed by atoms with van der Waals surface area (Å²) in [7, 11) is 1.72. The Morgan fingerprint density at radius 3 is 2.81 bits per heavy atom. The van der Waals surface area contributed by atoms with Crippen molar-refractivity contribution in [1.29, 1.82) is 0 Å². The van der Waals surface area contributed by atoms with Gasteiger partial charge in [0.05, 0.1) is 24.5 Å². The minimum Gasteiger partial charge on any atom is -0.497 e. The van der Waals surface area contributed by atoms with E-state index in [1.807, 2.05) is 24.4 Å². The first kappa shape index (κ1) is 19.5. The van der Waals surface area contributed by atoms with Crippen molar-refractivity contribution >= 4 is 28.3 Å². The fraction of sp³-hybridized carbons (Fsp3) is 0.320. The quantitative estimate of drug-likeness (QED) is 0.600. The normalized spacial score (nSPS) is 19.9. The molecule has 31 heavy (non-hydrogen) atoms. The van der Waals surface area contributed by atoms with Gasteiger partial charge in [0.2, 0.25) is 0 Å². The molecule has 6 heteroatoms. The van der Waals surface area contributed by atoms with Gasteiger partial charge in [0.15, 0.2) is 5.84 Å². The van der Waals surface area contributed by atoms with Crippen molar-refractivity contribution in [2.24, 2.45) is 9.98 Å². The van der Waals surface area contributed by atoms with E-state index >= 15 is 0 Å². The molecule has 3 heterocycles. The number of fused-ring (bicyclic) bond motifs is 2. The molecule has 0 radical (unpaired) electrons. The number of aliphatic imine (C=N–C) groups is 2. The molecule has 1 N–H and O–H groups in total. The molecule has 0 aliphatic carbocycles. The SMILES string of the molecule is COc1ccc2c(c1)CN(C1=NC(=Nc3ccc4[nH]ncc4c3)/C=C(/C)CCCC1)C2. The first-order valence-corrected chi connectivity index (χ1v) is 10.9. The van der Waals surface area contributed by atoms with Crippen LogP contribution in [0.5, 0.6) is 5.75 Å². The molecule has 0 fully saturated rings. The van der Waals surface area contributed by atoms with Crippen molar-refractivity contribution < 1.29 is 4.74 Å². The monoisotopic (exact) mass is 413 g/mol. The van der Waals surface area contributed by atoms with Crippen LogP contribution in [-0.2, 0) is 13.1 Å². The fourth-order valence-electron chi connectivity index (χ4n) is 4.30. The third-order valence-corrected chi connectivity index (χ3v) is 6.01. The third-order valence-electron chi connectivity index (χ3n) is 6.01. The van der Waals surface area contributed by atoms with Gasteiger partial charge in [-0.25, -0.2) is 9.98 Å². The topological polar surface area (TPSA) is 65.9 Å². The average Bonchev–Trinajstić information content (AvgIpc) is 3.42. The summed E-state index contributed by atoms with van der Waals surface area (Å²) in [6, 6.07) is 12.4. The van der Waals surface area contributed by atoms with Gasteiger partial charge in [-0.2, -0.15) is 5.10 Å². The highest BCUT2D eigenvalue weighted by Crippen LogP contribution is 2.29. The lowest BCUT2D eigenvalue weighted by atomic mass is 10.1. The summed E-state index contributed by atoms with van der Waals surface area (Å²) < 4.78 is 5.41. The van der Waals surface area contributed by atoms with E-state index in [0.717, 1.165) is 66.4 Å². The lowest BCUT2D eigenvalue weighted by molar-refractivity contribution is 0.413. The van der Waals surface area contributed by atoms with Crippen molar-refractivity contribution in [2.75, 3.05) is 7.11 Å². The number of ether oxygens (including phenoxy) is 1. The Morgan fingerprint density at radius 2 is 1.90 bits per heavy atom. The number of hydrogen-bond donors (Lipinski definition) is 1. The van der Waals surface area contributed by atoms with Gasteiger partial charge in [0, 0.05) is 24.9 Å². The number of H-pyrrole nitrogens is 1. The molecular weight excluding hydrogens is 386 g/mol. The number of aromatic nitrogens is 2. The van der Waals surface area contributed by atoms with Crippen LogP contribution in [0.1, 0.15) is 43.7 Å². The molecule has 0 amide bonds. The summed E-state index contributed by atoms with van der Waals surface area (Å²) in [6.45, 7) is 3.92. The molecule has 2 aliphatic rings. The second-order valence-corrected chi connectivity index (χ2v) is 8.33. The van der Waals surface area contributed by atoms with E-state index in [9.17, 15) is 0 Å². The Morgan fingerprint density at radius 1 is 1.03 bits per heavy atom. The number of methoxy groups -OCH3 is 1. The molecule has 1 aromatic heterocycles. The zero-order chi connectivity index (χ0) is 21.2. The number of allylic oxidation sites excluding steroid dienone is 1. The highest BCUT2D eigenvalue weighted by Gasteiger charge is 2.23. The first-order chi connectivity index (χ1) is 15.2. The standard InChI is InChI=1S/C25H27N5O/c1-17-5-3-4-6-25(30-15-18-7-9-22(31-2)13-20(18)16-30)28-24(11-17)27-21-8-10-23-19(12-21)14-26-29-23/h7-14H,3-6,15-16H2,1-2H3,(H,26,29)/b17-11-,27-24?,28-25?. The Kier molecular flexibility index (Phi) is 5.28. The maximum absolute atomic E-state index is 5.41. The molecule has 2 aromatic carbocycles. The third kappa shape index (κ3) is 4.24. The molecule has 0 saturated carbocycles. The first-order valence-electron chi connectivity index (χ1n) is 10.9. The molecule has 0 bridgehead atoms. The second kappa shape index (κ2) is 8.38. The van der Waals surface area contributed by atoms with Crippen LogP contribution < -0.4 is 4.74 Å². The maximum atomic E-state index is 5.41. The lowest BCUT2D eigenvalue weighted by Gasteiger charge is -2.20. The lowest BCUT2D eigenvalue weighted by Crippen LogP contribution is -2.26. The maximum Gasteiger partial charge on any atom is 0.154 e. The Bertz CT molecular complexity index is 1200. The van der Waals surface area contributed by atoms with E-state index in [0.29, 0.717) is 0 Å². The van der Waals surface area contributed by atoms with Crippen molar-refractivity contribution in [3.05, 3.63) is 65.4 Å². The van der Waals surface area contributed by atoms with E-state index in [4.69, 9.17) is 14.7 Å². The van der Waals surface area contributed by atoms with Gasteiger partial charge in [-0.05, 0) is 73.7 Å². The number of amidine groups is 2. The zero-order valence-electron chi connectivity index (χ0n) is 18.1. The van der Waals surface area contributed by atoms with Crippen LogP contribution >= 0.6 is 0 Å². The van der Waals surface area contributed by atoms with Crippen LogP contribution in [0.2, 0.25) is 0 Å². The van der Waals surface area contributed by atoms with Crippen LogP contribution in [0.3, 0.4) is 0 Å². The van der Waals surface area contributed by atoms with Gasteiger partial charge < -0.3 is 9.64 Å². The molecule has 0 unspecified atom stereocenters. The van der Waals surface area contributed by atoms with E-state index in [2.05, 4.69) is 46.3 Å².